The summed E-state index contributed by atoms with van der Waals surface area (Å²) in [6.07, 6.45) is 3.38. The lowest BCUT2D eigenvalue weighted by atomic mass is 10.0. The maximum Gasteiger partial charge on any atom is 0.180 e. The third kappa shape index (κ3) is 2.51. The summed E-state index contributed by atoms with van der Waals surface area (Å²) in [6.45, 7) is 0. The number of halogens is 2. The van der Waals surface area contributed by atoms with Crippen molar-refractivity contribution in [3.05, 3.63) is 57.9 Å². The van der Waals surface area contributed by atoms with Gasteiger partial charge in [-0.05, 0) is 21.5 Å². The number of fused-ring (bicyclic) bond motifs is 1. The molecule has 0 saturated heterocycles. The van der Waals surface area contributed by atoms with Gasteiger partial charge in [-0.1, -0.05) is 41.9 Å². The lowest BCUT2D eigenvalue weighted by Crippen LogP contribution is -2.19. The molecule has 0 fully saturated rings. The minimum absolute atomic E-state index is 0.274. The lowest BCUT2D eigenvalue weighted by Gasteiger charge is -2.21. The molecule has 0 aliphatic carbocycles. The standard InChI is InChI=1S/C16H12BrClN4S/c1-22-8-7-19-15(22)14-20-13(18)11-10(9-5-3-2-4-6-9)12(17)23-16(11)21-14/h2-8,14,21H,1H3. The third-order valence-electron chi connectivity index (χ3n) is 3.75. The molecule has 7 heteroatoms. The summed E-state index contributed by atoms with van der Waals surface area (Å²) >= 11 is 11.8. The summed E-state index contributed by atoms with van der Waals surface area (Å²) < 4.78 is 2.98. The van der Waals surface area contributed by atoms with Gasteiger partial charge in [-0.2, -0.15) is 0 Å². The number of anilines is 1. The Labute approximate surface area is 151 Å². The molecule has 3 aromatic rings. The van der Waals surface area contributed by atoms with Crippen LogP contribution in [0, 0.1) is 0 Å². The summed E-state index contributed by atoms with van der Waals surface area (Å²) in [5, 5.41) is 4.95. The first-order valence-electron chi connectivity index (χ1n) is 7.00. The van der Waals surface area contributed by atoms with Gasteiger partial charge in [0, 0.05) is 25.0 Å². The second-order valence-corrected chi connectivity index (χ2v) is 7.88. The third-order valence-corrected chi connectivity index (χ3v) is 5.83. The molecule has 3 heterocycles. The molecule has 116 valence electrons. The minimum atomic E-state index is -0.274. The topological polar surface area (TPSA) is 42.2 Å². The van der Waals surface area contributed by atoms with Crippen LogP contribution >= 0.6 is 38.9 Å². The summed E-state index contributed by atoms with van der Waals surface area (Å²) in [7, 11) is 1.95. The van der Waals surface area contributed by atoms with Crippen LogP contribution in [0.4, 0.5) is 5.00 Å². The number of hydrogen-bond donors (Lipinski definition) is 1. The fourth-order valence-corrected chi connectivity index (χ4v) is 4.89. The highest BCUT2D eigenvalue weighted by Crippen LogP contribution is 2.47. The van der Waals surface area contributed by atoms with E-state index in [0.717, 1.165) is 31.3 Å². The van der Waals surface area contributed by atoms with Gasteiger partial charge in [-0.15, -0.1) is 11.3 Å². The molecule has 0 saturated carbocycles. The average Bonchev–Trinajstić information content (AvgIpc) is 3.11. The Kier molecular flexibility index (Phi) is 3.75. The number of rotatable bonds is 2. The van der Waals surface area contributed by atoms with Crippen LogP contribution in [0.25, 0.3) is 11.1 Å². The summed E-state index contributed by atoms with van der Waals surface area (Å²) in [6, 6.07) is 10.2. The Morgan fingerprint density at radius 2 is 2.04 bits per heavy atom. The van der Waals surface area contributed by atoms with E-state index in [2.05, 4.69) is 43.4 Å². The number of nitrogens with one attached hydrogen (secondary N) is 1. The van der Waals surface area contributed by atoms with E-state index in [0.29, 0.717) is 5.17 Å². The second-order valence-electron chi connectivity index (χ2n) is 5.18. The highest BCUT2D eigenvalue weighted by molar-refractivity contribution is 9.11. The quantitative estimate of drug-likeness (QED) is 0.648. The van der Waals surface area contributed by atoms with E-state index < -0.39 is 0 Å². The SMILES string of the molecule is Cn1ccnc1C1N=C(Cl)c2c(sc(Br)c2-c2ccccc2)N1. The first-order valence-corrected chi connectivity index (χ1v) is 8.99. The molecule has 2 aromatic heterocycles. The van der Waals surface area contributed by atoms with E-state index in [1.807, 2.05) is 36.0 Å². The Morgan fingerprint density at radius 1 is 1.26 bits per heavy atom. The molecule has 4 rings (SSSR count). The van der Waals surface area contributed by atoms with Crippen LogP contribution in [-0.2, 0) is 7.05 Å². The maximum atomic E-state index is 6.54. The predicted molar refractivity (Wildman–Crippen MR) is 99.4 cm³/mol. The number of thiophene rings is 1. The zero-order valence-corrected chi connectivity index (χ0v) is 15.3. The Morgan fingerprint density at radius 3 is 2.74 bits per heavy atom. The van der Waals surface area contributed by atoms with Crippen molar-refractivity contribution < 1.29 is 0 Å². The van der Waals surface area contributed by atoms with E-state index in [4.69, 9.17) is 11.6 Å². The molecule has 1 N–H and O–H groups in total. The molecule has 1 unspecified atom stereocenters. The van der Waals surface area contributed by atoms with Crippen LogP contribution < -0.4 is 5.32 Å². The molecule has 0 radical (unpaired) electrons. The second kappa shape index (κ2) is 5.78. The van der Waals surface area contributed by atoms with Gasteiger partial charge in [0.25, 0.3) is 0 Å². The number of hydrogen-bond acceptors (Lipinski definition) is 4. The van der Waals surface area contributed by atoms with Crippen molar-refractivity contribution in [2.24, 2.45) is 12.0 Å². The van der Waals surface area contributed by atoms with Gasteiger partial charge >= 0.3 is 0 Å². The van der Waals surface area contributed by atoms with E-state index >= 15 is 0 Å². The van der Waals surface area contributed by atoms with Gasteiger partial charge in [0.05, 0.1) is 9.35 Å². The van der Waals surface area contributed by atoms with E-state index in [1.165, 1.54) is 0 Å². The Balaban J connectivity index is 1.83. The highest BCUT2D eigenvalue weighted by atomic mass is 79.9. The van der Waals surface area contributed by atoms with Crippen LogP contribution in [0.1, 0.15) is 17.6 Å². The monoisotopic (exact) mass is 406 g/mol. The molecule has 0 spiro atoms. The van der Waals surface area contributed by atoms with Crippen LogP contribution in [-0.4, -0.2) is 14.7 Å². The van der Waals surface area contributed by atoms with Crippen molar-refractivity contribution in [3.8, 4) is 11.1 Å². The first-order chi connectivity index (χ1) is 11.1. The van der Waals surface area contributed by atoms with Crippen molar-refractivity contribution in [1.82, 2.24) is 9.55 Å². The highest BCUT2D eigenvalue weighted by Gasteiger charge is 2.29. The number of nitrogens with zero attached hydrogens (tertiary/aromatic N) is 3. The molecule has 0 bridgehead atoms. The van der Waals surface area contributed by atoms with Crippen LogP contribution in [0.15, 0.2) is 51.5 Å². The lowest BCUT2D eigenvalue weighted by molar-refractivity contribution is 0.699. The predicted octanol–water partition coefficient (Wildman–Crippen LogP) is 5.02. The Bertz CT molecular complexity index is 900. The summed E-state index contributed by atoms with van der Waals surface area (Å²) in [5.74, 6) is 0.833. The van der Waals surface area contributed by atoms with Gasteiger partial charge in [0.2, 0.25) is 0 Å². The van der Waals surface area contributed by atoms with Crippen LogP contribution in [0.2, 0.25) is 0 Å². The molecule has 1 atom stereocenters. The van der Waals surface area contributed by atoms with Crippen molar-refractivity contribution in [2.75, 3.05) is 5.32 Å². The number of benzene rings is 1. The van der Waals surface area contributed by atoms with E-state index in [9.17, 15) is 0 Å². The molecule has 4 nitrogen and oxygen atoms in total. The van der Waals surface area contributed by atoms with Crippen LogP contribution in [0.5, 0.6) is 0 Å². The molecular formula is C16H12BrClN4S. The Hall–Kier alpha value is -1.63. The number of aliphatic imine (C=N–C) groups is 1. The van der Waals surface area contributed by atoms with Gasteiger partial charge < -0.3 is 9.88 Å². The van der Waals surface area contributed by atoms with Crippen LogP contribution in [0.3, 0.4) is 0 Å². The van der Waals surface area contributed by atoms with E-state index in [1.54, 1.807) is 17.5 Å². The van der Waals surface area contributed by atoms with Gasteiger partial charge in [-0.3, -0.25) is 0 Å². The van der Waals surface area contributed by atoms with Gasteiger partial charge in [0.15, 0.2) is 12.0 Å². The van der Waals surface area contributed by atoms with Crippen molar-refractivity contribution in [2.45, 2.75) is 6.17 Å². The maximum absolute atomic E-state index is 6.54. The van der Waals surface area contributed by atoms with Gasteiger partial charge in [-0.25, -0.2) is 9.98 Å². The molecule has 23 heavy (non-hydrogen) atoms. The summed E-state index contributed by atoms with van der Waals surface area (Å²) in [4.78, 5) is 8.96. The molecule has 1 aromatic carbocycles. The number of imidazole rings is 1. The van der Waals surface area contributed by atoms with E-state index in [-0.39, 0.29) is 6.17 Å². The molecular weight excluding hydrogens is 396 g/mol. The van der Waals surface area contributed by atoms with Gasteiger partial charge in [0.1, 0.15) is 10.2 Å². The van der Waals surface area contributed by atoms with Crippen molar-refractivity contribution in [1.29, 1.82) is 0 Å². The fourth-order valence-electron chi connectivity index (χ4n) is 2.66. The zero-order chi connectivity index (χ0) is 16.0. The number of aromatic nitrogens is 2. The number of aryl methyl sites for hydroxylation is 1. The fraction of sp³-hybridized carbons (Fsp3) is 0.125. The minimum Gasteiger partial charge on any atom is -0.349 e. The van der Waals surface area contributed by atoms with Crippen molar-refractivity contribution >= 4 is 49.0 Å². The molecule has 0 amide bonds. The first kappa shape index (κ1) is 14.9. The molecule has 1 aliphatic heterocycles. The largest absolute Gasteiger partial charge is 0.349 e. The average molecular weight is 408 g/mol. The molecule has 1 aliphatic rings. The smallest absolute Gasteiger partial charge is 0.180 e. The summed E-state index contributed by atoms with van der Waals surface area (Å²) in [5.41, 5.74) is 3.13. The van der Waals surface area contributed by atoms with Crippen molar-refractivity contribution in [3.63, 3.8) is 0 Å². The zero-order valence-electron chi connectivity index (χ0n) is 12.1. The normalized spacial score (nSPS) is 16.7.